The van der Waals surface area contributed by atoms with Crippen molar-refractivity contribution < 1.29 is 456 Å². The molecule has 0 aromatic heterocycles. The Hall–Kier alpha value is 15.0. The molecule has 0 aliphatic heterocycles. The summed E-state index contributed by atoms with van der Waals surface area (Å²) in [6.07, 6.45) is 0. The molecule has 59 heavy (non-hydrogen) atoms. The summed E-state index contributed by atoms with van der Waals surface area (Å²) in [4.78, 5) is 0. The van der Waals surface area contributed by atoms with Crippen LogP contribution in [0.25, 0.3) is 0 Å². The van der Waals surface area contributed by atoms with Gasteiger partial charge in [-0.1, -0.05) is 0 Å². The molecule has 0 spiro atoms. The van der Waals surface area contributed by atoms with Gasteiger partial charge in [0.1, 0.15) is 0 Å². The molecule has 0 atom stereocenters. The number of hydrogen-bond acceptors (Lipinski definition) is 0. The van der Waals surface area contributed by atoms with E-state index in [9.17, 15) is 0 Å². The minimum absolute atomic E-state index is 0. The Labute approximate surface area is 725 Å². The van der Waals surface area contributed by atoms with E-state index in [4.69, 9.17) is 0 Å². The van der Waals surface area contributed by atoms with Gasteiger partial charge >= 0.3 is 0 Å². The molecular formula is H82GaK5O41SiW11. The molecule has 0 saturated carbocycles. The summed E-state index contributed by atoms with van der Waals surface area (Å²) in [5.41, 5.74) is 0. The molecule has 12 radical (unpaired) electrons. The van der Waals surface area contributed by atoms with E-state index in [1.165, 1.54) is 0 Å². The topological polar surface area (TPSA) is 1290 Å². The van der Waals surface area contributed by atoms with E-state index in [-0.39, 0.29) is 744 Å². The van der Waals surface area contributed by atoms with E-state index in [1.54, 1.807) is 0 Å². The predicted molar refractivity (Wildman–Crippen MR) is 188 cm³/mol. The van der Waals surface area contributed by atoms with Crippen LogP contribution in [0.15, 0.2) is 0 Å². The molecule has 0 bridgehead atoms. The van der Waals surface area contributed by atoms with Gasteiger partial charge in [0.25, 0.3) is 0 Å². The Bertz CT molecular complexity index is 77.8. The fraction of sp³-hybridized carbons (Fsp3) is 0. The van der Waals surface area contributed by atoms with Crippen molar-refractivity contribution in [2.45, 2.75) is 0 Å². The first-order chi connectivity index (χ1) is 0. The monoisotopic (exact) mass is 3050 g/mol. The Morgan fingerprint density at radius 2 is 0.0847 bits per heavy atom. The second-order valence-electron chi connectivity index (χ2n) is 0. The van der Waals surface area contributed by atoms with Crippen LogP contribution in [0.1, 0.15) is 0 Å². The van der Waals surface area contributed by atoms with Crippen LogP contribution < -0.4 is 0 Å². The second kappa shape index (κ2) is 1690. The molecule has 0 aliphatic carbocycles. The number of hydrogen-bond donors (Lipinski definition) is 0. The summed E-state index contributed by atoms with van der Waals surface area (Å²) < 4.78 is 0. The summed E-state index contributed by atoms with van der Waals surface area (Å²) >= 11 is 0. The van der Waals surface area contributed by atoms with Crippen molar-refractivity contribution in [3.63, 3.8) is 0 Å². The van der Waals surface area contributed by atoms with Crippen LogP contribution >= 0.6 is 0 Å². The Morgan fingerprint density at radius 3 is 0.0847 bits per heavy atom. The van der Waals surface area contributed by atoms with Crippen LogP contribution in [0.2, 0.25) is 0 Å². The molecule has 0 rings (SSSR count). The summed E-state index contributed by atoms with van der Waals surface area (Å²) in [5, 5.41) is 0. The zero-order valence-electron chi connectivity index (χ0n) is 31.1. The molecule has 0 aromatic carbocycles. The van der Waals surface area contributed by atoms with Gasteiger partial charge in [0.2, 0.25) is 0 Å². The molecule has 0 amide bonds. The van der Waals surface area contributed by atoms with Crippen molar-refractivity contribution in [2.75, 3.05) is 0 Å². The molecule has 0 aliphatic rings. The molecule has 406 valence electrons. The minimum Gasteiger partial charge on any atom is -0.412 e. The van der Waals surface area contributed by atoms with Gasteiger partial charge in [0, 0.05) is 519 Å². The maximum absolute atomic E-state index is 0. The van der Waals surface area contributed by atoms with Gasteiger partial charge in [-0.2, -0.15) is 0 Å². The first-order valence-corrected chi connectivity index (χ1v) is 0. The predicted octanol–water partition coefficient (Wildman–Crippen LogP) is -36.5. The van der Waals surface area contributed by atoms with Crippen LogP contribution in [0.4, 0.5) is 0 Å². The molecule has 0 unspecified atom stereocenters. The van der Waals surface area contributed by atoms with Gasteiger partial charge in [-0.15, -0.1) is 0 Å². The van der Waals surface area contributed by atoms with Gasteiger partial charge < -0.3 is 225 Å². The summed E-state index contributed by atoms with van der Waals surface area (Å²) in [5.74, 6) is 0. The van der Waals surface area contributed by atoms with E-state index >= 15 is 0 Å². The van der Waals surface area contributed by atoms with Crippen molar-refractivity contribution in [3.8, 4) is 0 Å². The fourth-order valence-electron chi connectivity index (χ4n) is 0. The van der Waals surface area contributed by atoms with E-state index in [1.807, 2.05) is 0 Å². The van der Waals surface area contributed by atoms with E-state index in [0.29, 0.717) is 0 Å². The van der Waals surface area contributed by atoms with E-state index < -0.39 is 0 Å². The van der Waals surface area contributed by atoms with Crippen molar-refractivity contribution in [1.29, 1.82) is 0 Å². The van der Waals surface area contributed by atoms with Crippen molar-refractivity contribution in [2.24, 2.45) is 0 Å². The van der Waals surface area contributed by atoms with Crippen LogP contribution in [0, 0.1) is 0 Å². The van der Waals surface area contributed by atoms with Crippen molar-refractivity contribution >= 4 is 288 Å². The summed E-state index contributed by atoms with van der Waals surface area (Å²) in [7, 11) is 0. The average Bonchev–Trinajstić information content (AvgIpc) is 0. The Kier molecular flexibility index (Phi) is 50300. The number of rotatable bonds is 0. The molecule has 0 aromatic rings. The zero-order chi connectivity index (χ0) is 0. The average molecular weight is 3050 g/mol. The van der Waals surface area contributed by atoms with Crippen LogP contribution in [0.5, 0.6) is 0 Å². The largest absolute Gasteiger partial charge is 0.412 e. The normalized spacial score (nSPS) is 0. The molecule has 0 fully saturated rings. The van der Waals surface area contributed by atoms with Gasteiger partial charge in [0.15, 0.2) is 0 Å². The van der Waals surface area contributed by atoms with Crippen molar-refractivity contribution in [1.82, 2.24) is 0 Å². The molecule has 82 N–H and O–H groups in total. The van der Waals surface area contributed by atoms with E-state index in [0.717, 1.165) is 0 Å². The third kappa shape index (κ3) is 1640. The Balaban J connectivity index is 0. The van der Waals surface area contributed by atoms with Crippen LogP contribution in [0.3, 0.4) is 0 Å². The van der Waals surface area contributed by atoms with E-state index in [2.05, 4.69) is 0 Å². The minimum atomic E-state index is 0. The maximum Gasteiger partial charge on any atom is 0 e. The third-order valence-corrected chi connectivity index (χ3v) is 0. The quantitative estimate of drug-likeness (QED) is 0.204. The summed E-state index contributed by atoms with van der Waals surface area (Å²) in [6, 6.07) is 0. The van der Waals surface area contributed by atoms with Crippen LogP contribution in [-0.2, 0) is 232 Å². The fourth-order valence-corrected chi connectivity index (χ4v) is 0. The SMILES string of the molecule is O.O.O.O.O.O.O.O.O.O.O.O.O.O.O.O.O.O.O.O.O.O.O.O.O.O.O.O.O.O.O.O.O.O.O.O.O.O.O.O.O.[Ga].[K].[K].[K].[K].[K].[Si].[W].[W].[W].[W].[W].[W].[W].[W].[W].[W].[W]. The van der Waals surface area contributed by atoms with Crippen molar-refractivity contribution in [3.05, 3.63) is 0 Å². The molecular weight excluding hydrogens is 2970 g/mol. The maximum atomic E-state index is 0. The van der Waals surface area contributed by atoms with Gasteiger partial charge in [-0.3, -0.25) is 0 Å². The van der Waals surface area contributed by atoms with Gasteiger partial charge in [0.05, 0.1) is 0 Å². The van der Waals surface area contributed by atoms with Crippen LogP contribution in [-0.4, -0.2) is 512 Å². The first kappa shape index (κ1) is 1760. The third-order valence-electron chi connectivity index (χ3n) is 0. The standard InChI is InChI=1S/Ga.5K.41H2O.Si.11W/h;;;;;;41*1H2;;;;;;;;;;;;. The summed E-state index contributed by atoms with van der Waals surface area (Å²) in [6.45, 7) is 0. The molecule has 59 heteroatoms. The second-order valence-corrected chi connectivity index (χ2v) is 0. The Morgan fingerprint density at radius 1 is 0.0847 bits per heavy atom. The molecule has 41 nitrogen and oxygen atoms in total. The first-order valence-electron chi connectivity index (χ1n) is 0. The molecule has 0 saturated heterocycles. The molecule has 0 heterocycles. The zero-order valence-corrected chi connectivity index (χ0v) is 82.4. The smallest absolute Gasteiger partial charge is 0 e. The van der Waals surface area contributed by atoms with Gasteiger partial charge in [-0.05, 0) is 0 Å². The van der Waals surface area contributed by atoms with Gasteiger partial charge in [-0.25, -0.2) is 0 Å².